The Kier molecular flexibility index (Phi) is 7.23. The number of alkyl halides is 3. The quantitative estimate of drug-likeness (QED) is 0.522. The van der Waals surface area contributed by atoms with Crippen LogP contribution in [0.3, 0.4) is 0 Å². The van der Waals surface area contributed by atoms with Gasteiger partial charge in [0.15, 0.2) is 11.5 Å². The third kappa shape index (κ3) is 6.27. The molecule has 0 aromatic heterocycles. The van der Waals surface area contributed by atoms with E-state index in [-0.39, 0.29) is 24.7 Å². The molecular formula is C23H34F3NO3. The molecule has 0 radical (unpaired) electrons. The molecule has 2 aliphatic heterocycles. The van der Waals surface area contributed by atoms with Crippen LogP contribution in [0.25, 0.3) is 0 Å². The summed E-state index contributed by atoms with van der Waals surface area (Å²) in [4.78, 5) is 2.50. The van der Waals surface area contributed by atoms with Gasteiger partial charge in [0.05, 0.1) is 25.4 Å². The van der Waals surface area contributed by atoms with Gasteiger partial charge in [0, 0.05) is 25.6 Å². The van der Waals surface area contributed by atoms with E-state index in [0.29, 0.717) is 24.0 Å². The van der Waals surface area contributed by atoms with Crippen LogP contribution >= 0.6 is 0 Å². The monoisotopic (exact) mass is 429 g/mol. The number of rotatable bonds is 7. The first-order chi connectivity index (χ1) is 14.1. The Balaban J connectivity index is 1.63. The Hall–Kier alpha value is -1.47. The molecule has 0 aliphatic carbocycles. The fourth-order valence-electron chi connectivity index (χ4n) is 4.49. The van der Waals surface area contributed by atoms with Crippen molar-refractivity contribution in [1.29, 1.82) is 0 Å². The highest BCUT2D eigenvalue weighted by molar-refractivity contribution is 5.49. The lowest BCUT2D eigenvalue weighted by Gasteiger charge is -2.44. The molecule has 2 aliphatic rings. The number of methoxy groups -OCH3 is 1. The first kappa shape index (κ1) is 23.2. The molecule has 0 spiro atoms. The van der Waals surface area contributed by atoms with Crippen LogP contribution in [-0.4, -0.2) is 49.6 Å². The van der Waals surface area contributed by atoms with E-state index < -0.39 is 12.6 Å². The third-order valence-corrected chi connectivity index (χ3v) is 5.73. The summed E-state index contributed by atoms with van der Waals surface area (Å²) in [6.45, 7) is 8.45. The summed E-state index contributed by atoms with van der Waals surface area (Å²) in [6.07, 6.45) is -1.20. The summed E-state index contributed by atoms with van der Waals surface area (Å²) in [5, 5.41) is 0. The minimum Gasteiger partial charge on any atom is -0.493 e. The van der Waals surface area contributed by atoms with Crippen molar-refractivity contribution >= 4 is 0 Å². The number of hydrogen-bond donors (Lipinski definition) is 0. The van der Waals surface area contributed by atoms with Gasteiger partial charge in [-0.2, -0.15) is 13.2 Å². The van der Waals surface area contributed by atoms with Crippen LogP contribution in [0, 0.1) is 0 Å². The van der Waals surface area contributed by atoms with Gasteiger partial charge in [0.2, 0.25) is 0 Å². The molecule has 1 fully saturated rings. The molecule has 2 unspecified atom stereocenters. The van der Waals surface area contributed by atoms with E-state index in [9.17, 15) is 13.2 Å². The summed E-state index contributed by atoms with van der Waals surface area (Å²) in [5.74, 6) is 1.28. The molecule has 0 bridgehead atoms. The highest BCUT2D eigenvalue weighted by atomic mass is 19.4. The first-order valence-corrected chi connectivity index (χ1v) is 10.9. The van der Waals surface area contributed by atoms with E-state index >= 15 is 0 Å². The lowest BCUT2D eigenvalue weighted by atomic mass is 9.85. The summed E-state index contributed by atoms with van der Waals surface area (Å²) in [5.41, 5.74) is 2.38. The number of ether oxygens (including phenoxy) is 3. The number of piperidine rings is 1. The Morgan fingerprint density at radius 3 is 2.50 bits per heavy atom. The molecule has 170 valence electrons. The second kappa shape index (κ2) is 9.35. The number of hydrogen-bond acceptors (Lipinski definition) is 4. The van der Waals surface area contributed by atoms with Crippen molar-refractivity contribution in [3.05, 3.63) is 23.3 Å². The SMILES string of the molecule is COc1cc2c(cc1OCCCCC(F)(F)F)CCN1CC(OC(C)(C)C)CCC21. The molecule has 4 nitrogen and oxygen atoms in total. The molecule has 1 saturated heterocycles. The second-order valence-corrected chi connectivity index (χ2v) is 9.31. The largest absolute Gasteiger partial charge is 0.493 e. The maximum atomic E-state index is 12.3. The molecule has 1 aromatic carbocycles. The van der Waals surface area contributed by atoms with E-state index in [0.717, 1.165) is 32.4 Å². The van der Waals surface area contributed by atoms with Crippen LogP contribution in [0.15, 0.2) is 12.1 Å². The van der Waals surface area contributed by atoms with E-state index in [2.05, 4.69) is 31.7 Å². The summed E-state index contributed by atoms with van der Waals surface area (Å²) in [6, 6.07) is 4.43. The lowest BCUT2D eigenvalue weighted by Crippen LogP contribution is -2.47. The van der Waals surface area contributed by atoms with Crippen LogP contribution < -0.4 is 9.47 Å². The van der Waals surface area contributed by atoms with Gasteiger partial charge in [-0.1, -0.05) is 0 Å². The predicted octanol–water partition coefficient (Wildman–Crippen LogP) is 5.68. The van der Waals surface area contributed by atoms with Crippen molar-refractivity contribution in [2.24, 2.45) is 0 Å². The predicted molar refractivity (Wildman–Crippen MR) is 110 cm³/mol. The zero-order chi connectivity index (χ0) is 21.9. The van der Waals surface area contributed by atoms with Gasteiger partial charge >= 0.3 is 6.18 Å². The summed E-state index contributed by atoms with van der Waals surface area (Å²) in [7, 11) is 1.60. The molecule has 1 aromatic rings. The lowest BCUT2D eigenvalue weighted by molar-refractivity contribution is -0.135. The Bertz CT molecular complexity index is 715. The van der Waals surface area contributed by atoms with Gasteiger partial charge in [-0.3, -0.25) is 4.90 Å². The van der Waals surface area contributed by atoms with E-state index in [4.69, 9.17) is 14.2 Å². The molecule has 2 heterocycles. The zero-order valence-electron chi connectivity index (χ0n) is 18.5. The molecule has 2 atom stereocenters. The van der Waals surface area contributed by atoms with Crippen molar-refractivity contribution in [1.82, 2.24) is 4.90 Å². The van der Waals surface area contributed by atoms with Crippen molar-refractivity contribution in [3.63, 3.8) is 0 Å². The second-order valence-electron chi connectivity index (χ2n) is 9.31. The Morgan fingerprint density at radius 1 is 1.07 bits per heavy atom. The van der Waals surface area contributed by atoms with Gasteiger partial charge in [-0.25, -0.2) is 0 Å². The summed E-state index contributed by atoms with van der Waals surface area (Å²) >= 11 is 0. The van der Waals surface area contributed by atoms with Crippen LogP contribution in [0.4, 0.5) is 13.2 Å². The average molecular weight is 430 g/mol. The molecule has 7 heteroatoms. The minimum absolute atomic E-state index is 0.0750. The summed E-state index contributed by atoms with van der Waals surface area (Å²) < 4.78 is 54.4. The normalized spacial score (nSPS) is 22.4. The number of halogens is 3. The zero-order valence-corrected chi connectivity index (χ0v) is 18.5. The van der Waals surface area contributed by atoms with E-state index in [1.54, 1.807) is 7.11 Å². The molecule has 0 amide bonds. The molecule has 30 heavy (non-hydrogen) atoms. The van der Waals surface area contributed by atoms with Crippen molar-refractivity contribution in [2.75, 3.05) is 26.8 Å². The first-order valence-electron chi connectivity index (χ1n) is 10.9. The van der Waals surface area contributed by atoms with Crippen molar-refractivity contribution in [3.8, 4) is 11.5 Å². The Labute approximate surface area is 177 Å². The van der Waals surface area contributed by atoms with Crippen LogP contribution in [0.2, 0.25) is 0 Å². The maximum Gasteiger partial charge on any atom is 0.389 e. The fourth-order valence-corrected chi connectivity index (χ4v) is 4.49. The minimum atomic E-state index is -4.10. The number of unbranched alkanes of at least 4 members (excludes halogenated alkanes) is 1. The fraction of sp³-hybridized carbons (Fsp3) is 0.739. The van der Waals surface area contributed by atoms with Gasteiger partial charge in [-0.05, 0) is 76.1 Å². The van der Waals surface area contributed by atoms with Gasteiger partial charge in [-0.15, -0.1) is 0 Å². The molecular weight excluding hydrogens is 395 g/mol. The van der Waals surface area contributed by atoms with Crippen LogP contribution in [-0.2, 0) is 11.2 Å². The number of fused-ring (bicyclic) bond motifs is 3. The smallest absolute Gasteiger partial charge is 0.389 e. The highest BCUT2D eigenvalue weighted by Gasteiger charge is 2.35. The number of benzene rings is 1. The van der Waals surface area contributed by atoms with Crippen LogP contribution in [0.5, 0.6) is 11.5 Å². The number of nitrogens with zero attached hydrogens (tertiary/aromatic N) is 1. The van der Waals surface area contributed by atoms with E-state index in [1.165, 1.54) is 11.1 Å². The van der Waals surface area contributed by atoms with Crippen LogP contribution in [0.1, 0.15) is 70.0 Å². The third-order valence-electron chi connectivity index (χ3n) is 5.73. The Morgan fingerprint density at radius 2 is 1.83 bits per heavy atom. The van der Waals surface area contributed by atoms with Crippen molar-refractivity contribution in [2.45, 2.75) is 83.2 Å². The van der Waals surface area contributed by atoms with Gasteiger partial charge in [0.25, 0.3) is 0 Å². The molecule has 3 rings (SSSR count). The average Bonchev–Trinajstić information content (AvgIpc) is 2.64. The standard InChI is InChI=1S/C23H34F3NO3/c1-22(2,3)30-17-7-8-19-18-14-20(28-4)21(13-16(18)9-11-27(19)15-17)29-12-6-5-10-23(24,25)26/h13-14,17,19H,5-12,15H2,1-4H3. The van der Waals surface area contributed by atoms with Crippen molar-refractivity contribution < 1.29 is 27.4 Å². The van der Waals surface area contributed by atoms with E-state index in [1.807, 2.05) is 6.07 Å². The molecule has 0 saturated carbocycles. The molecule has 0 N–H and O–H groups in total. The highest BCUT2D eigenvalue weighted by Crippen LogP contribution is 2.42. The maximum absolute atomic E-state index is 12.3. The van der Waals surface area contributed by atoms with Gasteiger partial charge < -0.3 is 14.2 Å². The van der Waals surface area contributed by atoms with Gasteiger partial charge in [0.1, 0.15) is 0 Å². The topological polar surface area (TPSA) is 30.9 Å².